The standard InChI is InChI=1S/C18H22N2O3/c1-11(2)16(20-17(21)15-9-6-10-23-15)18(22)19-14-8-5-7-12(3)13(14)4/h5-11,16H,1-4H3,(H,19,22)(H,20,21)/t16-/m0/s1. The van der Waals surface area contributed by atoms with E-state index in [0.29, 0.717) is 0 Å². The van der Waals surface area contributed by atoms with E-state index in [-0.39, 0.29) is 17.6 Å². The number of carbonyl (C=O) groups excluding carboxylic acids is 2. The zero-order chi connectivity index (χ0) is 17.0. The van der Waals surface area contributed by atoms with Crippen LogP contribution in [0.3, 0.4) is 0 Å². The maximum absolute atomic E-state index is 12.6. The van der Waals surface area contributed by atoms with Gasteiger partial charge in [-0.05, 0) is 49.1 Å². The lowest BCUT2D eigenvalue weighted by atomic mass is 10.0. The van der Waals surface area contributed by atoms with Crippen LogP contribution in [0.1, 0.15) is 35.5 Å². The van der Waals surface area contributed by atoms with Crippen LogP contribution in [0.15, 0.2) is 41.0 Å². The monoisotopic (exact) mass is 314 g/mol. The van der Waals surface area contributed by atoms with Crippen molar-refractivity contribution in [3.05, 3.63) is 53.5 Å². The molecule has 122 valence electrons. The van der Waals surface area contributed by atoms with Crippen LogP contribution in [-0.2, 0) is 4.79 Å². The Labute approximate surface area is 136 Å². The van der Waals surface area contributed by atoms with E-state index in [9.17, 15) is 9.59 Å². The van der Waals surface area contributed by atoms with Crippen LogP contribution in [0, 0.1) is 19.8 Å². The molecule has 0 aliphatic heterocycles. The summed E-state index contributed by atoms with van der Waals surface area (Å²) in [6.07, 6.45) is 1.43. The summed E-state index contributed by atoms with van der Waals surface area (Å²) in [7, 11) is 0. The van der Waals surface area contributed by atoms with E-state index < -0.39 is 11.9 Å². The number of carbonyl (C=O) groups is 2. The van der Waals surface area contributed by atoms with Crippen molar-refractivity contribution in [2.24, 2.45) is 5.92 Å². The average Bonchev–Trinajstić information content (AvgIpc) is 3.03. The summed E-state index contributed by atoms with van der Waals surface area (Å²) in [5, 5.41) is 5.63. The Morgan fingerprint density at radius 1 is 1.09 bits per heavy atom. The molecule has 0 bridgehead atoms. The van der Waals surface area contributed by atoms with Gasteiger partial charge in [-0.1, -0.05) is 26.0 Å². The van der Waals surface area contributed by atoms with Crippen molar-refractivity contribution in [1.82, 2.24) is 5.32 Å². The minimum atomic E-state index is -0.646. The minimum Gasteiger partial charge on any atom is -0.459 e. The highest BCUT2D eigenvalue weighted by Crippen LogP contribution is 2.19. The molecule has 23 heavy (non-hydrogen) atoms. The van der Waals surface area contributed by atoms with Crippen LogP contribution in [0.4, 0.5) is 5.69 Å². The van der Waals surface area contributed by atoms with Crippen LogP contribution in [-0.4, -0.2) is 17.9 Å². The Kier molecular flexibility index (Phi) is 5.21. The molecule has 1 atom stereocenters. The minimum absolute atomic E-state index is 0.0565. The lowest BCUT2D eigenvalue weighted by molar-refractivity contribution is -0.118. The van der Waals surface area contributed by atoms with Gasteiger partial charge in [0.25, 0.3) is 5.91 Å². The molecule has 1 aromatic heterocycles. The summed E-state index contributed by atoms with van der Waals surface area (Å²) >= 11 is 0. The number of hydrogen-bond acceptors (Lipinski definition) is 3. The van der Waals surface area contributed by atoms with Gasteiger partial charge in [0, 0.05) is 5.69 Å². The number of aryl methyl sites for hydroxylation is 1. The Morgan fingerprint density at radius 3 is 2.43 bits per heavy atom. The molecule has 0 spiro atoms. The maximum Gasteiger partial charge on any atom is 0.287 e. The molecule has 1 heterocycles. The Bertz CT molecular complexity index is 690. The van der Waals surface area contributed by atoms with Crippen molar-refractivity contribution >= 4 is 17.5 Å². The molecule has 2 rings (SSSR count). The van der Waals surface area contributed by atoms with Gasteiger partial charge in [0.1, 0.15) is 6.04 Å². The van der Waals surface area contributed by atoms with Gasteiger partial charge in [-0.2, -0.15) is 0 Å². The molecule has 2 aromatic rings. The topological polar surface area (TPSA) is 71.3 Å². The predicted molar refractivity (Wildman–Crippen MR) is 89.3 cm³/mol. The highest BCUT2D eigenvalue weighted by molar-refractivity contribution is 6.00. The number of hydrogen-bond donors (Lipinski definition) is 2. The summed E-state index contributed by atoms with van der Waals surface area (Å²) in [6, 6.07) is 8.29. The lowest BCUT2D eigenvalue weighted by Gasteiger charge is -2.22. The summed E-state index contributed by atoms with van der Waals surface area (Å²) in [4.78, 5) is 24.7. The summed E-state index contributed by atoms with van der Waals surface area (Å²) in [5.74, 6) is -0.507. The first-order chi connectivity index (χ1) is 10.9. The van der Waals surface area contributed by atoms with Crippen molar-refractivity contribution < 1.29 is 14.0 Å². The van der Waals surface area contributed by atoms with Gasteiger partial charge in [0.2, 0.25) is 5.91 Å². The third-order valence-corrected chi connectivity index (χ3v) is 3.84. The first kappa shape index (κ1) is 16.8. The van der Waals surface area contributed by atoms with E-state index in [0.717, 1.165) is 16.8 Å². The second kappa shape index (κ2) is 7.13. The van der Waals surface area contributed by atoms with Crippen LogP contribution in [0.25, 0.3) is 0 Å². The number of anilines is 1. The fourth-order valence-corrected chi connectivity index (χ4v) is 2.25. The second-order valence-electron chi connectivity index (χ2n) is 5.91. The van der Waals surface area contributed by atoms with Crippen molar-refractivity contribution in [3.63, 3.8) is 0 Å². The molecule has 2 N–H and O–H groups in total. The van der Waals surface area contributed by atoms with Gasteiger partial charge < -0.3 is 15.1 Å². The molecule has 0 fully saturated rings. The summed E-state index contributed by atoms with van der Waals surface area (Å²) in [5.41, 5.74) is 2.87. The van der Waals surface area contributed by atoms with Gasteiger partial charge >= 0.3 is 0 Å². The van der Waals surface area contributed by atoms with E-state index in [1.807, 2.05) is 45.9 Å². The SMILES string of the molecule is Cc1cccc(NC(=O)[C@@H](NC(=O)c2ccco2)C(C)C)c1C. The zero-order valence-corrected chi connectivity index (χ0v) is 13.8. The Morgan fingerprint density at radius 2 is 1.83 bits per heavy atom. The van der Waals surface area contributed by atoms with Crippen molar-refractivity contribution in [2.75, 3.05) is 5.32 Å². The van der Waals surface area contributed by atoms with E-state index in [1.165, 1.54) is 6.26 Å². The number of benzene rings is 1. The molecule has 0 aliphatic carbocycles. The van der Waals surface area contributed by atoms with Gasteiger partial charge in [-0.15, -0.1) is 0 Å². The first-order valence-corrected chi connectivity index (χ1v) is 7.61. The molecule has 0 unspecified atom stereocenters. The number of rotatable bonds is 5. The number of amides is 2. The third-order valence-electron chi connectivity index (χ3n) is 3.84. The third kappa shape index (κ3) is 4.00. The quantitative estimate of drug-likeness (QED) is 0.889. The van der Waals surface area contributed by atoms with Crippen LogP contribution in [0.5, 0.6) is 0 Å². The smallest absolute Gasteiger partial charge is 0.287 e. The van der Waals surface area contributed by atoms with E-state index >= 15 is 0 Å². The zero-order valence-electron chi connectivity index (χ0n) is 13.8. The number of furan rings is 1. The highest BCUT2D eigenvalue weighted by atomic mass is 16.3. The number of nitrogens with one attached hydrogen (secondary N) is 2. The molecule has 5 heteroatoms. The molecule has 5 nitrogen and oxygen atoms in total. The van der Waals surface area contributed by atoms with E-state index in [2.05, 4.69) is 10.6 Å². The molecule has 0 aliphatic rings. The summed E-state index contributed by atoms with van der Waals surface area (Å²) in [6.45, 7) is 7.71. The molecular weight excluding hydrogens is 292 g/mol. The molecular formula is C18H22N2O3. The lowest BCUT2D eigenvalue weighted by Crippen LogP contribution is -2.47. The fourth-order valence-electron chi connectivity index (χ4n) is 2.25. The molecule has 0 saturated heterocycles. The maximum atomic E-state index is 12.6. The van der Waals surface area contributed by atoms with Gasteiger partial charge in [-0.25, -0.2) is 0 Å². The van der Waals surface area contributed by atoms with E-state index in [4.69, 9.17) is 4.42 Å². The van der Waals surface area contributed by atoms with Crippen LogP contribution < -0.4 is 10.6 Å². The normalized spacial score (nSPS) is 12.0. The van der Waals surface area contributed by atoms with Crippen molar-refractivity contribution in [1.29, 1.82) is 0 Å². The first-order valence-electron chi connectivity index (χ1n) is 7.61. The second-order valence-corrected chi connectivity index (χ2v) is 5.91. The average molecular weight is 314 g/mol. The Balaban J connectivity index is 2.12. The molecule has 2 amide bonds. The van der Waals surface area contributed by atoms with E-state index in [1.54, 1.807) is 12.1 Å². The van der Waals surface area contributed by atoms with Crippen molar-refractivity contribution in [3.8, 4) is 0 Å². The molecule has 0 saturated carbocycles. The van der Waals surface area contributed by atoms with Crippen molar-refractivity contribution in [2.45, 2.75) is 33.7 Å². The predicted octanol–water partition coefficient (Wildman–Crippen LogP) is 3.29. The molecule has 0 radical (unpaired) electrons. The van der Waals surface area contributed by atoms with Crippen LogP contribution >= 0.6 is 0 Å². The summed E-state index contributed by atoms with van der Waals surface area (Å²) < 4.78 is 5.07. The van der Waals surface area contributed by atoms with Gasteiger partial charge in [0.15, 0.2) is 5.76 Å². The van der Waals surface area contributed by atoms with Gasteiger partial charge in [-0.3, -0.25) is 9.59 Å². The Hall–Kier alpha value is -2.56. The largest absolute Gasteiger partial charge is 0.459 e. The van der Waals surface area contributed by atoms with Gasteiger partial charge in [0.05, 0.1) is 6.26 Å². The fraction of sp³-hybridized carbons (Fsp3) is 0.333. The molecule has 1 aromatic carbocycles. The van der Waals surface area contributed by atoms with Crippen LogP contribution in [0.2, 0.25) is 0 Å². The highest BCUT2D eigenvalue weighted by Gasteiger charge is 2.26.